The molecule has 0 aromatic carbocycles. The molecule has 1 heterocycles. The van der Waals surface area contributed by atoms with Crippen LogP contribution in [0.25, 0.3) is 0 Å². The molecule has 0 radical (unpaired) electrons. The Morgan fingerprint density at radius 3 is 1.41 bits per heavy atom. The molecule has 71 heavy (non-hydrogen) atoms. The highest BCUT2D eigenvalue weighted by Gasteiger charge is 2.35. The molecule has 402 valence electrons. The number of amides is 6. The van der Waals surface area contributed by atoms with Crippen molar-refractivity contribution in [2.45, 2.75) is 203 Å². The van der Waals surface area contributed by atoms with Gasteiger partial charge in [-0.05, 0) is 156 Å². The Morgan fingerprint density at radius 2 is 0.958 bits per heavy atom. The van der Waals surface area contributed by atoms with E-state index in [-0.39, 0.29) is 49.8 Å². The number of alkyl carbamates (subject to hydrolysis) is 2. The average Bonchev–Trinajstić information content (AvgIpc) is 3.13. The smallest absolute Gasteiger partial charge is 0.437 e. The Morgan fingerprint density at radius 1 is 0.535 bits per heavy atom. The van der Waals surface area contributed by atoms with Crippen LogP contribution in [0.2, 0.25) is 0 Å². The van der Waals surface area contributed by atoms with E-state index < -0.39 is 70.2 Å². The van der Waals surface area contributed by atoms with Crippen LogP contribution in [0.5, 0.6) is 5.88 Å². The number of nitrogens with one attached hydrogen (secondary N) is 4. The van der Waals surface area contributed by atoms with Crippen LogP contribution in [0.15, 0.2) is 28.3 Å². The number of nitrogens with zero attached hydrogens (tertiary/aromatic N) is 5. The minimum Gasteiger partial charge on any atom is -0.478 e. The molecular weight excluding hydrogens is 923 g/mol. The molecule has 1 aromatic heterocycles. The first-order chi connectivity index (χ1) is 32.3. The molecule has 0 atom stereocenters. The summed E-state index contributed by atoms with van der Waals surface area (Å²) in [7, 11) is 0. The number of rotatable bonds is 15. The van der Waals surface area contributed by atoms with Gasteiger partial charge >= 0.3 is 36.6 Å². The molecule has 0 bridgehead atoms. The van der Waals surface area contributed by atoms with Gasteiger partial charge in [-0.15, -0.1) is 9.98 Å². The van der Waals surface area contributed by atoms with Gasteiger partial charge in [0.25, 0.3) is 0 Å². The summed E-state index contributed by atoms with van der Waals surface area (Å²) in [5, 5.41) is 16.0. The third-order valence-electron chi connectivity index (χ3n) is 8.04. The summed E-state index contributed by atoms with van der Waals surface area (Å²) < 4.78 is 38.8. The van der Waals surface area contributed by atoms with Crippen molar-refractivity contribution in [3.8, 4) is 5.88 Å². The van der Waals surface area contributed by atoms with Crippen molar-refractivity contribution in [3.05, 3.63) is 23.9 Å². The van der Waals surface area contributed by atoms with E-state index in [1.807, 2.05) is 0 Å². The van der Waals surface area contributed by atoms with E-state index in [0.29, 0.717) is 50.6 Å². The highest BCUT2D eigenvalue weighted by atomic mass is 16.6. The number of ether oxygens (including phenoxy) is 7. The Hall–Kier alpha value is -6.22. The van der Waals surface area contributed by atoms with Gasteiger partial charge in [-0.1, -0.05) is 19.3 Å². The predicted molar refractivity (Wildman–Crippen MR) is 269 cm³/mol. The molecule has 1 rings (SSSR count). The van der Waals surface area contributed by atoms with E-state index in [2.05, 4.69) is 30.9 Å². The fraction of sp³-hybridized carbons (Fsp3) is 0.714. The minimum atomic E-state index is -1.05. The topological polar surface area (TPSA) is 271 Å². The molecule has 0 aliphatic rings. The first-order valence-electron chi connectivity index (χ1n) is 23.9. The van der Waals surface area contributed by atoms with Crippen molar-refractivity contribution in [3.63, 3.8) is 0 Å². The monoisotopic (exact) mass is 1010 g/mol. The van der Waals surface area contributed by atoms with Gasteiger partial charge in [-0.3, -0.25) is 16.0 Å². The van der Waals surface area contributed by atoms with E-state index in [1.54, 1.807) is 137 Å². The largest absolute Gasteiger partial charge is 0.478 e. The number of guanidine groups is 2. The summed E-state index contributed by atoms with van der Waals surface area (Å²) in [6.07, 6.45) is -0.294. The van der Waals surface area contributed by atoms with E-state index in [0.717, 1.165) is 9.80 Å². The second kappa shape index (κ2) is 27.4. The minimum absolute atomic E-state index is 0.0177. The first kappa shape index (κ1) is 62.8. The lowest BCUT2D eigenvalue weighted by Gasteiger charge is -2.34. The van der Waals surface area contributed by atoms with E-state index >= 15 is 0 Å². The van der Waals surface area contributed by atoms with E-state index in [1.165, 1.54) is 6.20 Å². The highest BCUT2D eigenvalue weighted by molar-refractivity contribution is 6.05. The average molecular weight is 1010 g/mol. The molecule has 0 aliphatic carbocycles. The van der Waals surface area contributed by atoms with Crippen LogP contribution in [-0.2, 0) is 28.4 Å². The number of hydrogen-bond acceptors (Lipinski definition) is 15. The maximum Gasteiger partial charge on any atom is 0.437 e. The van der Waals surface area contributed by atoms with Gasteiger partial charge in [0.2, 0.25) is 17.8 Å². The van der Waals surface area contributed by atoms with Gasteiger partial charge < -0.3 is 38.5 Å². The van der Waals surface area contributed by atoms with Crippen molar-refractivity contribution in [1.82, 2.24) is 30.7 Å². The zero-order valence-corrected chi connectivity index (χ0v) is 45.6. The Bertz CT molecular complexity index is 2000. The molecular formula is C49H83N9O13. The van der Waals surface area contributed by atoms with E-state index in [9.17, 15) is 28.8 Å². The molecule has 0 aliphatic heterocycles. The summed E-state index contributed by atoms with van der Waals surface area (Å²) in [6.45, 7) is 30.8. The van der Waals surface area contributed by atoms with Crippen molar-refractivity contribution in [1.29, 1.82) is 5.41 Å². The second-order valence-electron chi connectivity index (χ2n) is 22.4. The molecule has 0 saturated heterocycles. The summed E-state index contributed by atoms with van der Waals surface area (Å²) in [4.78, 5) is 93.3. The summed E-state index contributed by atoms with van der Waals surface area (Å²) in [5.74, 6) is -0.432. The third kappa shape index (κ3) is 30.9. The van der Waals surface area contributed by atoms with Gasteiger partial charge in [0.05, 0.1) is 6.61 Å². The predicted octanol–water partition coefficient (Wildman–Crippen LogP) is 10.2. The summed E-state index contributed by atoms with van der Waals surface area (Å²) >= 11 is 0. The number of hydrogen-bond donors (Lipinski definition) is 4. The number of aliphatic imine (C=N–C) groups is 2. The molecule has 4 N–H and O–H groups in total. The van der Waals surface area contributed by atoms with Gasteiger partial charge in [-0.2, -0.15) is 0 Å². The van der Waals surface area contributed by atoms with Crippen LogP contribution in [-0.4, -0.2) is 129 Å². The SMILES string of the molecule is CC(C)(C)OC(=O)N=C(NCCCCCCCN(C(=O)OC(C)(C)C)C(=NC(=O)OC(C)(C)C)N(CCCCOc1ccc(C(=N)NC(=O)OC(C)(C)C)cn1)C(=O)OC(C)(C)C)NC(=O)OC(C)(C)C. The number of pyridine rings is 1. The van der Waals surface area contributed by atoms with Crippen LogP contribution in [0, 0.1) is 5.41 Å². The Kier molecular flexibility index (Phi) is 24.2. The van der Waals surface area contributed by atoms with E-state index in [4.69, 9.17) is 38.6 Å². The lowest BCUT2D eigenvalue weighted by Crippen LogP contribution is -2.53. The standard InChI is InChI=1S/C49H83N9O13/c1-44(2,3)66-38(59)53-35(50)33-26-27-34(52-32-33)65-31-25-24-30-58(43(64)71-49(16,17)18)37(56-41(62)69-47(10,11)12)57(42(63)70-48(13,14)15)29-23-21-19-20-22-28-51-36(54-39(60)67-45(4,5)6)55-40(61)68-46(7,8)9/h26-27,32H,19-25,28-31H2,1-18H3,(H2,50,53,59)(H2,51,54,55,60,61). The van der Waals surface area contributed by atoms with Crippen molar-refractivity contribution in [2.75, 3.05) is 26.2 Å². The maximum atomic E-state index is 14.1. The molecule has 0 unspecified atom stereocenters. The molecule has 6 amide bonds. The number of amidine groups is 1. The van der Waals surface area contributed by atoms with Crippen LogP contribution in [0.4, 0.5) is 28.8 Å². The molecule has 0 fully saturated rings. The Labute approximate surface area is 420 Å². The zero-order valence-electron chi connectivity index (χ0n) is 45.6. The van der Waals surface area contributed by atoms with Crippen molar-refractivity contribution in [2.24, 2.45) is 9.98 Å². The number of unbranched alkanes of at least 4 members (excludes halogenated alkanes) is 5. The van der Waals surface area contributed by atoms with Crippen molar-refractivity contribution >= 4 is 54.3 Å². The molecule has 0 saturated carbocycles. The highest BCUT2D eigenvalue weighted by Crippen LogP contribution is 2.20. The van der Waals surface area contributed by atoms with Crippen molar-refractivity contribution < 1.29 is 61.9 Å². The van der Waals surface area contributed by atoms with Crippen LogP contribution in [0.3, 0.4) is 0 Å². The lowest BCUT2D eigenvalue weighted by atomic mass is 10.1. The number of carbonyl (C=O) groups excluding carboxylic acids is 6. The van der Waals surface area contributed by atoms with Crippen LogP contribution < -0.4 is 20.7 Å². The van der Waals surface area contributed by atoms with Crippen LogP contribution >= 0.6 is 0 Å². The summed E-state index contributed by atoms with van der Waals surface area (Å²) in [5.41, 5.74) is -4.94. The second-order valence-corrected chi connectivity index (χ2v) is 22.4. The number of aromatic nitrogens is 1. The summed E-state index contributed by atoms with van der Waals surface area (Å²) in [6, 6.07) is 3.10. The quantitative estimate of drug-likeness (QED) is 0.0551. The van der Waals surface area contributed by atoms with Gasteiger partial charge in [-0.25, -0.2) is 43.6 Å². The number of carbonyl (C=O) groups is 6. The van der Waals surface area contributed by atoms with Gasteiger partial charge in [0.15, 0.2) is 0 Å². The molecule has 22 nitrogen and oxygen atoms in total. The fourth-order valence-electron chi connectivity index (χ4n) is 5.47. The Balaban J connectivity index is 3.30. The first-order valence-corrected chi connectivity index (χ1v) is 23.9. The molecule has 0 spiro atoms. The molecule has 22 heteroatoms. The van der Waals surface area contributed by atoms with Gasteiger partial charge in [0.1, 0.15) is 39.4 Å². The molecule has 1 aromatic rings. The third-order valence-corrected chi connectivity index (χ3v) is 8.04. The maximum absolute atomic E-state index is 14.1. The lowest BCUT2D eigenvalue weighted by molar-refractivity contribution is 0.0268. The fourth-order valence-corrected chi connectivity index (χ4v) is 5.47. The van der Waals surface area contributed by atoms with Crippen LogP contribution in [0.1, 0.15) is 175 Å². The normalized spacial score (nSPS) is 12.7. The van der Waals surface area contributed by atoms with Gasteiger partial charge in [0, 0.05) is 37.5 Å². The zero-order chi connectivity index (χ0) is 54.6.